The fraction of sp³-hybridized carbons (Fsp3) is 0.0833. The average molecular weight is 242 g/mol. The van der Waals surface area contributed by atoms with Crippen LogP contribution in [0.1, 0.15) is 5.56 Å². The first kappa shape index (κ1) is 10.2. The van der Waals surface area contributed by atoms with Crippen LogP contribution < -0.4 is 5.73 Å². The van der Waals surface area contributed by atoms with Crippen LogP contribution in [0.15, 0.2) is 30.6 Å². The van der Waals surface area contributed by atoms with Crippen molar-refractivity contribution in [1.82, 2.24) is 15.0 Å². The predicted molar refractivity (Wildman–Crippen MR) is 69.8 cm³/mol. The van der Waals surface area contributed by atoms with Crippen molar-refractivity contribution in [2.45, 2.75) is 6.92 Å². The molecular weight excluding hydrogens is 232 g/mol. The molecule has 0 bridgehead atoms. The Balaban J connectivity index is 2.24. The van der Waals surface area contributed by atoms with E-state index in [0.29, 0.717) is 5.65 Å². The summed E-state index contributed by atoms with van der Waals surface area (Å²) in [7, 11) is 0. The molecule has 3 aromatic rings. The van der Waals surface area contributed by atoms with Crippen molar-refractivity contribution < 1.29 is 0 Å². The highest BCUT2D eigenvalue weighted by Gasteiger charge is 2.11. The third-order valence-electron chi connectivity index (χ3n) is 2.60. The van der Waals surface area contributed by atoms with Gasteiger partial charge in [0.1, 0.15) is 5.01 Å². The van der Waals surface area contributed by atoms with E-state index in [0.717, 1.165) is 26.7 Å². The van der Waals surface area contributed by atoms with Gasteiger partial charge in [0.25, 0.3) is 0 Å². The number of benzene rings is 1. The summed E-state index contributed by atoms with van der Waals surface area (Å²) in [5.41, 5.74) is 9.52. The Morgan fingerprint density at radius 2 is 2.00 bits per heavy atom. The van der Waals surface area contributed by atoms with Crippen molar-refractivity contribution in [3.05, 3.63) is 36.2 Å². The van der Waals surface area contributed by atoms with Crippen LogP contribution in [-0.4, -0.2) is 15.0 Å². The number of nitrogen functional groups attached to an aromatic ring is 1. The van der Waals surface area contributed by atoms with Gasteiger partial charge in [0.05, 0.1) is 0 Å². The molecule has 2 aromatic heterocycles. The lowest BCUT2D eigenvalue weighted by molar-refractivity contribution is 1.26. The Kier molecular flexibility index (Phi) is 2.26. The van der Waals surface area contributed by atoms with Crippen LogP contribution in [0.25, 0.3) is 21.0 Å². The second-order valence-corrected chi connectivity index (χ2v) is 4.72. The third-order valence-corrected chi connectivity index (χ3v) is 3.59. The fourth-order valence-electron chi connectivity index (χ4n) is 1.66. The number of para-hydroxylation sites is 1. The molecule has 0 amide bonds. The zero-order chi connectivity index (χ0) is 11.8. The number of hydrogen-bond acceptors (Lipinski definition) is 5. The molecule has 0 unspecified atom stereocenters. The molecule has 0 aliphatic carbocycles. The molecular formula is C12H10N4S. The zero-order valence-electron chi connectivity index (χ0n) is 9.21. The Morgan fingerprint density at radius 1 is 1.18 bits per heavy atom. The summed E-state index contributed by atoms with van der Waals surface area (Å²) in [6, 6.07) is 5.94. The summed E-state index contributed by atoms with van der Waals surface area (Å²) < 4.78 is 0. The van der Waals surface area contributed by atoms with E-state index in [1.54, 1.807) is 12.4 Å². The molecule has 0 fully saturated rings. The summed E-state index contributed by atoms with van der Waals surface area (Å²) in [5, 5.41) is 0.868. The lowest BCUT2D eigenvalue weighted by Gasteiger charge is -2.04. The second kappa shape index (κ2) is 3.78. The van der Waals surface area contributed by atoms with E-state index in [1.807, 2.05) is 25.1 Å². The monoisotopic (exact) mass is 242 g/mol. The van der Waals surface area contributed by atoms with E-state index in [1.165, 1.54) is 11.3 Å². The number of fused-ring (bicyclic) bond motifs is 1. The fourth-order valence-corrected chi connectivity index (χ4v) is 2.57. The minimum Gasteiger partial charge on any atom is -0.398 e. The van der Waals surface area contributed by atoms with Crippen LogP contribution >= 0.6 is 11.3 Å². The zero-order valence-corrected chi connectivity index (χ0v) is 10.0. The first-order valence-corrected chi connectivity index (χ1v) is 6.00. The Labute approximate surface area is 102 Å². The predicted octanol–water partition coefficient (Wildman–Crippen LogP) is 2.64. The van der Waals surface area contributed by atoms with Gasteiger partial charge >= 0.3 is 0 Å². The maximum atomic E-state index is 6.06. The van der Waals surface area contributed by atoms with Crippen LogP contribution in [0.3, 0.4) is 0 Å². The molecule has 3 rings (SSSR count). The molecule has 0 saturated carbocycles. The van der Waals surface area contributed by atoms with E-state index in [-0.39, 0.29) is 0 Å². The maximum Gasteiger partial charge on any atom is 0.190 e. The third kappa shape index (κ3) is 1.64. The number of hydrogen-bond donors (Lipinski definition) is 1. The molecule has 17 heavy (non-hydrogen) atoms. The highest BCUT2D eigenvalue weighted by atomic mass is 32.1. The molecule has 4 nitrogen and oxygen atoms in total. The van der Waals surface area contributed by atoms with Crippen LogP contribution in [0.4, 0.5) is 5.69 Å². The number of anilines is 1. The largest absolute Gasteiger partial charge is 0.398 e. The highest BCUT2D eigenvalue weighted by Crippen LogP contribution is 2.32. The van der Waals surface area contributed by atoms with Gasteiger partial charge in [-0.15, -0.1) is 0 Å². The lowest BCUT2D eigenvalue weighted by atomic mass is 10.1. The highest BCUT2D eigenvalue weighted by molar-refractivity contribution is 7.21. The maximum absolute atomic E-state index is 6.06. The lowest BCUT2D eigenvalue weighted by Crippen LogP contribution is -1.92. The molecule has 0 aliphatic heterocycles. The van der Waals surface area contributed by atoms with E-state index in [4.69, 9.17) is 5.73 Å². The number of aromatic nitrogens is 3. The minimum atomic E-state index is 0.674. The standard InChI is InChI=1S/C12H10N4S/c1-7-3-2-4-8(9(7)13)11-16-10-12(17-11)15-6-5-14-10/h2-6H,13H2,1H3. The second-order valence-electron chi connectivity index (χ2n) is 3.74. The van der Waals surface area contributed by atoms with Gasteiger partial charge in [-0.3, -0.25) is 0 Å². The number of rotatable bonds is 1. The van der Waals surface area contributed by atoms with E-state index >= 15 is 0 Å². The van der Waals surface area contributed by atoms with Gasteiger partial charge in [-0.05, 0) is 18.6 Å². The molecule has 84 valence electrons. The van der Waals surface area contributed by atoms with E-state index < -0.39 is 0 Å². The molecule has 0 atom stereocenters. The van der Waals surface area contributed by atoms with Crippen LogP contribution in [-0.2, 0) is 0 Å². The van der Waals surface area contributed by atoms with Gasteiger partial charge < -0.3 is 5.73 Å². The van der Waals surface area contributed by atoms with Crippen molar-refractivity contribution in [2.24, 2.45) is 0 Å². The Hall–Kier alpha value is -2.01. The SMILES string of the molecule is Cc1cccc(-c2nc3nccnc3s2)c1N. The normalized spacial score (nSPS) is 10.9. The molecule has 1 aromatic carbocycles. The Morgan fingerprint density at radius 3 is 2.82 bits per heavy atom. The van der Waals surface area contributed by atoms with Gasteiger partial charge in [0.15, 0.2) is 10.5 Å². The first-order chi connectivity index (χ1) is 8.25. The van der Waals surface area contributed by atoms with Gasteiger partial charge in [-0.2, -0.15) is 0 Å². The van der Waals surface area contributed by atoms with Crippen molar-refractivity contribution >= 4 is 27.5 Å². The summed E-state index contributed by atoms with van der Waals surface area (Å²) in [5.74, 6) is 0. The summed E-state index contributed by atoms with van der Waals surface area (Å²) in [6.07, 6.45) is 3.31. The summed E-state index contributed by atoms with van der Waals surface area (Å²) in [4.78, 5) is 13.7. The quantitative estimate of drug-likeness (QED) is 0.666. The van der Waals surface area contributed by atoms with Gasteiger partial charge in [-0.1, -0.05) is 23.5 Å². The molecule has 0 aliphatic rings. The van der Waals surface area contributed by atoms with E-state index in [9.17, 15) is 0 Å². The first-order valence-electron chi connectivity index (χ1n) is 5.19. The number of aryl methyl sites for hydroxylation is 1. The minimum absolute atomic E-state index is 0.674. The van der Waals surface area contributed by atoms with Crippen molar-refractivity contribution in [3.63, 3.8) is 0 Å². The number of nitrogens with two attached hydrogens (primary N) is 1. The molecule has 2 N–H and O–H groups in total. The average Bonchev–Trinajstić information content (AvgIpc) is 2.76. The van der Waals surface area contributed by atoms with Crippen LogP contribution in [0, 0.1) is 6.92 Å². The molecule has 0 radical (unpaired) electrons. The summed E-state index contributed by atoms with van der Waals surface area (Å²) in [6.45, 7) is 1.99. The van der Waals surface area contributed by atoms with Crippen molar-refractivity contribution in [3.8, 4) is 10.6 Å². The molecule has 5 heteroatoms. The number of thiazole rings is 1. The smallest absolute Gasteiger partial charge is 0.190 e. The van der Waals surface area contributed by atoms with E-state index in [2.05, 4.69) is 15.0 Å². The van der Waals surface area contributed by atoms with Crippen LogP contribution in [0.5, 0.6) is 0 Å². The molecule has 0 spiro atoms. The summed E-state index contributed by atoms with van der Waals surface area (Å²) >= 11 is 1.51. The number of nitrogens with zero attached hydrogens (tertiary/aromatic N) is 3. The molecule has 2 heterocycles. The van der Waals surface area contributed by atoms with Gasteiger partial charge in [0, 0.05) is 23.6 Å². The molecule has 0 saturated heterocycles. The Bertz CT molecular complexity index is 657. The van der Waals surface area contributed by atoms with Crippen molar-refractivity contribution in [1.29, 1.82) is 0 Å². The van der Waals surface area contributed by atoms with Crippen molar-refractivity contribution in [2.75, 3.05) is 5.73 Å². The van der Waals surface area contributed by atoms with Gasteiger partial charge in [0.2, 0.25) is 0 Å². The topological polar surface area (TPSA) is 64.7 Å². The van der Waals surface area contributed by atoms with Crippen LogP contribution in [0.2, 0.25) is 0 Å². The van der Waals surface area contributed by atoms with Gasteiger partial charge in [-0.25, -0.2) is 15.0 Å².